The summed E-state index contributed by atoms with van der Waals surface area (Å²) in [5.74, 6) is 1.09. The molecule has 0 aliphatic heterocycles. The summed E-state index contributed by atoms with van der Waals surface area (Å²) < 4.78 is 0. The summed E-state index contributed by atoms with van der Waals surface area (Å²) in [6.45, 7) is 0. The first-order valence-electron chi connectivity index (χ1n) is 22.6. The van der Waals surface area contributed by atoms with Crippen LogP contribution in [0.4, 0.5) is 11.6 Å². The second kappa shape index (κ2) is 18.4. The van der Waals surface area contributed by atoms with Crippen molar-refractivity contribution in [2.45, 2.75) is 24.7 Å². The second-order valence-electron chi connectivity index (χ2n) is 17.1. The van der Waals surface area contributed by atoms with Crippen LogP contribution < -0.4 is 10.6 Å². The molecule has 8 aromatic carbocycles. The first-order chi connectivity index (χ1) is 33.4. The molecule has 2 amide bonds. The number of hydrogen-bond donors (Lipinski definition) is 2. The zero-order valence-corrected chi connectivity index (χ0v) is 38.2. The van der Waals surface area contributed by atoms with Crippen molar-refractivity contribution in [2.24, 2.45) is 0 Å². The second-order valence-corrected chi connectivity index (χ2v) is 18.0. The standard InChI is InChI=1S/2C30H21ClN2O/c2*31-22-16-14-19(15-17-22)26-18-21-10-4-5-11-23(21)28-27(26)24-12-6-7-13-25(24)29(32-28)33-30(34)20-8-2-1-3-9-20/h2*1-17,26H,18H2,(H,32,33,34)/t2*26-/m10/s1. The van der Waals surface area contributed by atoms with Crippen LogP contribution in [0.25, 0.3) is 44.1 Å². The van der Waals surface area contributed by atoms with Gasteiger partial charge >= 0.3 is 0 Å². The van der Waals surface area contributed by atoms with Gasteiger partial charge < -0.3 is 10.6 Å². The van der Waals surface area contributed by atoms with Crippen LogP contribution in [0.2, 0.25) is 10.0 Å². The number of amides is 2. The maximum atomic E-state index is 13.0. The van der Waals surface area contributed by atoms with E-state index in [0.717, 1.165) is 66.9 Å². The number of benzene rings is 8. The molecule has 2 N–H and O–H groups in total. The third kappa shape index (κ3) is 8.19. The molecule has 6 nitrogen and oxygen atoms in total. The lowest BCUT2D eigenvalue weighted by Crippen LogP contribution is -2.18. The normalized spacial score (nSPS) is 14.3. The monoisotopic (exact) mass is 920 g/mol. The van der Waals surface area contributed by atoms with Crippen LogP contribution >= 0.6 is 23.2 Å². The van der Waals surface area contributed by atoms with E-state index in [0.29, 0.717) is 22.8 Å². The van der Waals surface area contributed by atoms with E-state index in [4.69, 9.17) is 33.2 Å². The Kier molecular flexibility index (Phi) is 11.6. The Morgan fingerprint density at radius 3 is 1.13 bits per heavy atom. The number of hydrogen-bond acceptors (Lipinski definition) is 4. The molecule has 68 heavy (non-hydrogen) atoms. The fourth-order valence-electron chi connectivity index (χ4n) is 9.88. The van der Waals surface area contributed by atoms with Crippen LogP contribution in [0.15, 0.2) is 206 Å². The van der Waals surface area contributed by atoms with Gasteiger partial charge in [-0.3, -0.25) is 9.59 Å². The highest BCUT2D eigenvalue weighted by atomic mass is 35.5. The molecule has 2 heterocycles. The van der Waals surface area contributed by atoms with Crippen molar-refractivity contribution in [2.75, 3.05) is 10.6 Å². The number of rotatable bonds is 6. The molecule has 2 aliphatic rings. The van der Waals surface area contributed by atoms with Gasteiger partial charge in [0.2, 0.25) is 0 Å². The zero-order valence-electron chi connectivity index (χ0n) is 36.7. The Balaban J connectivity index is 0.000000149. The van der Waals surface area contributed by atoms with Gasteiger partial charge in [0.25, 0.3) is 11.8 Å². The SMILES string of the molecule is O=C(Nc1nc2c(c3ccccc13)[C@@H](c1ccc(Cl)cc1)Cc1ccccc1-2)c1ccccc1.O=C(Nc1nc2c(c3ccccc13)[C@H](c1ccc(Cl)cc1)Cc1ccccc1-2)c1ccccc1. The summed E-state index contributed by atoms with van der Waals surface area (Å²) in [6.07, 6.45) is 1.76. The Hall–Kier alpha value is -7.90. The van der Waals surface area contributed by atoms with E-state index in [9.17, 15) is 9.59 Å². The fraction of sp³-hybridized carbons (Fsp3) is 0.0667. The summed E-state index contributed by atoms with van der Waals surface area (Å²) in [5, 5.41) is 11.7. The number of nitrogens with one attached hydrogen (secondary N) is 2. The molecule has 0 radical (unpaired) electrons. The van der Waals surface area contributed by atoms with Crippen molar-refractivity contribution in [3.63, 3.8) is 0 Å². The van der Waals surface area contributed by atoms with E-state index in [2.05, 4.69) is 83.4 Å². The van der Waals surface area contributed by atoms with Crippen LogP contribution in [-0.4, -0.2) is 21.8 Å². The summed E-state index contributed by atoms with van der Waals surface area (Å²) in [6, 6.07) is 67.9. The molecule has 0 bridgehead atoms. The molecule has 12 rings (SSSR count). The molecule has 0 spiro atoms. The zero-order chi connectivity index (χ0) is 46.1. The maximum absolute atomic E-state index is 13.0. The van der Waals surface area contributed by atoms with Crippen LogP contribution in [0.1, 0.15) is 65.9 Å². The lowest BCUT2D eigenvalue weighted by atomic mass is 9.76. The number of halogens is 2. The molecule has 0 saturated heterocycles. The molecule has 0 unspecified atom stereocenters. The Morgan fingerprint density at radius 1 is 0.397 bits per heavy atom. The third-order valence-electron chi connectivity index (χ3n) is 13.1. The molecule has 0 saturated carbocycles. The lowest BCUT2D eigenvalue weighted by molar-refractivity contribution is 0.101. The Labute approximate surface area is 404 Å². The first kappa shape index (κ1) is 42.7. The van der Waals surface area contributed by atoms with Gasteiger partial charge in [-0.25, -0.2) is 9.97 Å². The summed E-state index contributed by atoms with van der Waals surface area (Å²) in [7, 11) is 0. The van der Waals surface area contributed by atoms with Crippen molar-refractivity contribution in [3.8, 4) is 22.5 Å². The van der Waals surface area contributed by atoms with E-state index in [1.807, 2.05) is 133 Å². The summed E-state index contributed by atoms with van der Waals surface area (Å²) in [5.41, 5.74) is 12.6. The van der Waals surface area contributed by atoms with Crippen molar-refractivity contribution >= 4 is 68.2 Å². The van der Waals surface area contributed by atoms with E-state index >= 15 is 0 Å². The van der Waals surface area contributed by atoms with Crippen LogP contribution in [0, 0.1) is 0 Å². The van der Waals surface area contributed by atoms with Gasteiger partial charge in [-0.15, -0.1) is 0 Å². The number of aromatic nitrogens is 2. The van der Waals surface area contributed by atoms with Crippen LogP contribution in [-0.2, 0) is 12.8 Å². The smallest absolute Gasteiger partial charge is 0.256 e. The summed E-state index contributed by atoms with van der Waals surface area (Å²) in [4.78, 5) is 36.2. The highest BCUT2D eigenvalue weighted by Crippen LogP contribution is 2.48. The van der Waals surface area contributed by atoms with E-state index in [1.165, 1.54) is 33.4 Å². The number of pyridine rings is 2. The van der Waals surface area contributed by atoms with E-state index < -0.39 is 0 Å². The average Bonchev–Trinajstić information content (AvgIpc) is 3.39. The predicted octanol–water partition coefficient (Wildman–Crippen LogP) is 15.0. The number of anilines is 2. The molecule has 0 fully saturated rings. The minimum atomic E-state index is -0.170. The molecular formula is C60H42Cl2N4O2. The van der Waals surface area contributed by atoms with E-state index in [-0.39, 0.29) is 23.7 Å². The van der Waals surface area contributed by atoms with Crippen molar-refractivity contribution in [1.29, 1.82) is 0 Å². The van der Waals surface area contributed by atoms with Gasteiger partial charge in [0.05, 0.1) is 11.4 Å². The third-order valence-corrected chi connectivity index (χ3v) is 13.6. The molecule has 328 valence electrons. The molecule has 8 heteroatoms. The topological polar surface area (TPSA) is 84.0 Å². The fourth-order valence-corrected chi connectivity index (χ4v) is 10.1. The largest absolute Gasteiger partial charge is 0.306 e. The number of fused-ring (bicyclic) bond motifs is 10. The summed E-state index contributed by atoms with van der Waals surface area (Å²) >= 11 is 12.4. The maximum Gasteiger partial charge on any atom is 0.256 e. The number of carbonyl (C=O) groups is 2. The van der Waals surface area contributed by atoms with Crippen molar-refractivity contribution in [1.82, 2.24) is 9.97 Å². The number of nitrogens with zero attached hydrogens (tertiary/aromatic N) is 2. The van der Waals surface area contributed by atoms with Crippen LogP contribution in [0.5, 0.6) is 0 Å². The number of carbonyl (C=O) groups excluding carboxylic acids is 2. The van der Waals surface area contributed by atoms with Gasteiger partial charge in [0, 0.05) is 54.9 Å². The predicted molar refractivity (Wildman–Crippen MR) is 277 cm³/mol. The van der Waals surface area contributed by atoms with Gasteiger partial charge in [0.15, 0.2) is 0 Å². The van der Waals surface area contributed by atoms with Gasteiger partial charge in [-0.2, -0.15) is 0 Å². The van der Waals surface area contributed by atoms with Gasteiger partial charge in [-0.1, -0.05) is 181 Å². The molecule has 2 atom stereocenters. The average molecular weight is 922 g/mol. The molecule has 2 aliphatic carbocycles. The van der Waals surface area contributed by atoms with Crippen molar-refractivity contribution in [3.05, 3.63) is 261 Å². The van der Waals surface area contributed by atoms with Gasteiger partial charge in [-0.05, 0) is 106 Å². The van der Waals surface area contributed by atoms with Crippen molar-refractivity contribution < 1.29 is 9.59 Å². The first-order valence-corrected chi connectivity index (χ1v) is 23.4. The minimum absolute atomic E-state index is 0.137. The highest BCUT2D eigenvalue weighted by Gasteiger charge is 2.32. The highest BCUT2D eigenvalue weighted by molar-refractivity contribution is 6.30. The molecular weight excluding hydrogens is 880 g/mol. The van der Waals surface area contributed by atoms with Gasteiger partial charge in [0.1, 0.15) is 11.6 Å². The quantitative estimate of drug-likeness (QED) is 0.174. The Morgan fingerprint density at radius 2 is 0.735 bits per heavy atom. The van der Waals surface area contributed by atoms with Crippen LogP contribution in [0.3, 0.4) is 0 Å². The Bertz CT molecular complexity index is 3290. The molecule has 10 aromatic rings. The minimum Gasteiger partial charge on any atom is -0.306 e. The molecule has 2 aromatic heterocycles. The lowest BCUT2D eigenvalue weighted by Gasteiger charge is -2.30. The van der Waals surface area contributed by atoms with E-state index in [1.54, 1.807) is 0 Å².